The fourth-order valence-electron chi connectivity index (χ4n) is 4.26. The van der Waals surface area contributed by atoms with Crippen LogP contribution in [0.4, 0.5) is 11.4 Å². The van der Waals surface area contributed by atoms with Gasteiger partial charge in [0.1, 0.15) is 11.4 Å². The molecule has 6 rings (SSSR count). The lowest BCUT2D eigenvalue weighted by atomic mass is 9.98. The number of carbonyl (C=O) groups is 1. The zero-order valence-electron chi connectivity index (χ0n) is 19.0. The highest BCUT2D eigenvalue weighted by molar-refractivity contribution is 7.99. The molecule has 0 saturated carbocycles. The zero-order chi connectivity index (χ0) is 23.9. The molecule has 0 spiro atoms. The summed E-state index contributed by atoms with van der Waals surface area (Å²) in [7, 11) is 3.69. The molecule has 0 atom stereocenters. The smallest absolute Gasteiger partial charge is 0.209 e. The maximum Gasteiger partial charge on any atom is 0.209 e. The van der Waals surface area contributed by atoms with Gasteiger partial charge in [-0.2, -0.15) is 0 Å². The lowest BCUT2D eigenvalue weighted by Gasteiger charge is -2.29. The number of fused-ring (bicyclic) bond motifs is 2. The third kappa shape index (κ3) is 3.73. The summed E-state index contributed by atoms with van der Waals surface area (Å²) in [5.41, 5.74) is 4.88. The van der Waals surface area contributed by atoms with Crippen LogP contribution in [0.5, 0.6) is 5.75 Å². The first-order valence-electron chi connectivity index (χ1n) is 11.0. The van der Waals surface area contributed by atoms with Crippen LogP contribution in [0.25, 0.3) is 22.6 Å². The van der Waals surface area contributed by atoms with Gasteiger partial charge in [0.25, 0.3) is 0 Å². The van der Waals surface area contributed by atoms with Crippen LogP contribution < -0.4 is 9.64 Å². The molecule has 1 aliphatic rings. The van der Waals surface area contributed by atoms with Crippen LogP contribution in [0.3, 0.4) is 0 Å². The van der Waals surface area contributed by atoms with Crippen LogP contribution in [0.15, 0.2) is 98.6 Å². The van der Waals surface area contributed by atoms with Crippen molar-refractivity contribution in [1.82, 2.24) is 5.16 Å². The van der Waals surface area contributed by atoms with Crippen molar-refractivity contribution in [2.24, 2.45) is 0 Å². The second-order valence-electron chi connectivity index (χ2n) is 8.08. The summed E-state index contributed by atoms with van der Waals surface area (Å²) < 4.78 is 11.2. The normalized spacial score (nSPS) is 12.2. The topological polar surface area (TPSA) is 55.6 Å². The van der Waals surface area contributed by atoms with Gasteiger partial charge in [0, 0.05) is 28.0 Å². The maximum atomic E-state index is 13.7. The van der Waals surface area contributed by atoms with Crippen LogP contribution in [0, 0.1) is 0 Å². The zero-order valence-corrected chi connectivity index (χ0v) is 20.7. The minimum Gasteiger partial charge on any atom is -0.497 e. The third-order valence-corrected chi connectivity index (χ3v) is 8.04. The minimum atomic E-state index is -0.102. The summed E-state index contributed by atoms with van der Waals surface area (Å²) >= 11 is 3.12. The number of anilines is 2. The highest BCUT2D eigenvalue weighted by Crippen LogP contribution is 2.49. The molecule has 5 aromatic rings. The van der Waals surface area contributed by atoms with E-state index in [0.717, 1.165) is 27.5 Å². The number of benzene rings is 3. The second kappa shape index (κ2) is 8.76. The van der Waals surface area contributed by atoms with Gasteiger partial charge in [-0.1, -0.05) is 35.1 Å². The van der Waals surface area contributed by atoms with Gasteiger partial charge in [-0.05, 0) is 66.0 Å². The summed E-state index contributed by atoms with van der Waals surface area (Å²) in [5, 5.41) is 6.26. The van der Waals surface area contributed by atoms with Crippen molar-refractivity contribution in [3.05, 3.63) is 94.7 Å². The Morgan fingerprint density at radius 2 is 1.69 bits per heavy atom. The van der Waals surface area contributed by atoms with Crippen LogP contribution in [0.1, 0.15) is 15.2 Å². The Morgan fingerprint density at radius 3 is 2.46 bits per heavy atom. The van der Waals surface area contributed by atoms with Crippen molar-refractivity contribution in [3.8, 4) is 28.3 Å². The maximum absolute atomic E-state index is 13.7. The molecule has 3 aromatic carbocycles. The molecule has 2 aromatic heterocycles. The summed E-state index contributed by atoms with van der Waals surface area (Å²) in [5.74, 6) is 1.11. The molecule has 0 bridgehead atoms. The molecule has 0 unspecified atom stereocenters. The van der Waals surface area contributed by atoms with E-state index in [4.69, 9.17) is 9.26 Å². The molecule has 0 N–H and O–H groups in total. The Hall–Kier alpha value is -3.81. The number of carbonyl (C=O) groups excluding carboxylic acids is 1. The Balaban J connectivity index is 1.48. The van der Waals surface area contributed by atoms with Crippen LogP contribution in [0.2, 0.25) is 0 Å². The average molecular weight is 497 g/mol. The first-order chi connectivity index (χ1) is 17.1. The van der Waals surface area contributed by atoms with Gasteiger partial charge in [-0.15, -0.1) is 11.3 Å². The third-order valence-electron chi connectivity index (χ3n) is 6.06. The standard InChI is InChI=1S/C28H20N2O3S2/c1-30-20-6-3-4-7-22(20)35-24-16-18(11-14-21(24)30)28-25(27(31)23-8-5-15-34-23)26(29-33-28)17-9-12-19(32-2)13-10-17/h3-16H,1-2H3. The summed E-state index contributed by atoms with van der Waals surface area (Å²) in [6, 6.07) is 25.7. The van der Waals surface area contributed by atoms with Crippen LogP contribution in [-0.4, -0.2) is 25.1 Å². The van der Waals surface area contributed by atoms with E-state index < -0.39 is 0 Å². The van der Waals surface area contributed by atoms with Crippen molar-refractivity contribution in [2.75, 3.05) is 19.1 Å². The summed E-state index contributed by atoms with van der Waals surface area (Å²) in [6.45, 7) is 0. The highest BCUT2D eigenvalue weighted by Gasteiger charge is 2.28. The largest absolute Gasteiger partial charge is 0.497 e. The van der Waals surface area contributed by atoms with Gasteiger partial charge in [0.2, 0.25) is 5.78 Å². The van der Waals surface area contributed by atoms with E-state index in [-0.39, 0.29) is 5.78 Å². The van der Waals surface area contributed by atoms with E-state index in [0.29, 0.717) is 21.9 Å². The monoisotopic (exact) mass is 496 g/mol. The molecule has 0 radical (unpaired) electrons. The van der Waals surface area contributed by atoms with Crippen LogP contribution in [-0.2, 0) is 0 Å². The number of thiophene rings is 1. The number of hydrogen-bond donors (Lipinski definition) is 0. The molecule has 7 heteroatoms. The molecular weight excluding hydrogens is 476 g/mol. The van der Waals surface area contributed by atoms with E-state index in [1.165, 1.54) is 21.9 Å². The van der Waals surface area contributed by atoms with E-state index in [1.54, 1.807) is 18.9 Å². The number of ether oxygens (including phenoxy) is 1. The number of ketones is 1. The van der Waals surface area contributed by atoms with E-state index in [9.17, 15) is 4.79 Å². The molecule has 1 aliphatic heterocycles. The molecule has 5 nitrogen and oxygen atoms in total. The van der Waals surface area contributed by atoms with Gasteiger partial charge in [-0.3, -0.25) is 4.79 Å². The number of nitrogens with zero attached hydrogens (tertiary/aromatic N) is 2. The SMILES string of the molecule is COc1ccc(-c2noc(-c3ccc4c(c3)Sc3ccccc3N4C)c2C(=O)c2cccs2)cc1. The van der Waals surface area contributed by atoms with Crippen molar-refractivity contribution < 1.29 is 14.1 Å². The number of hydrogen-bond acceptors (Lipinski definition) is 7. The van der Waals surface area contributed by atoms with Crippen molar-refractivity contribution in [1.29, 1.82) is 0 Å². The number of methoxy groups -OCH3 is 1. The van der Waals surface area contributed by atoms with Gasteiger partial charge in [-0.25, -0.2) is 0 Å². The van der Waals surface area contributed by atoms with E-state index in [1.807, 2.05) is 60.0 Å². The number of aromatic nitrogens is 1. The molecule has 0 saturated heterocycles. The van der Waals surface area contributed by atoms with Gasteiger partial charge >= 0.3 is 0 Å². The molecule has 0 fully saturated rings. The van der Waals surface area contributed by atoms with Gasteiger partial charge in [0.15, 0.2) is 5.76 Å². The first-order valence-corrected chi connectivity index (χ1v) is 12.7. The number of para-hydroxylation sites is 1. The summed E-state index contributed by atoms with van der Waals surface area (Å²) in [6.07, 6.45) is 0. The van der Waals surface area contributed by atoms with Gasteiger partial charge in [0.05, 0.1) is 28.9 Å². The molecule has 3 heterocycles. The molecule has 172 valence electrons. The Labute approximate surface area is 211 Å². The quantitative estimate of drug-likeness (QED) is 0.234. The van der Waals surface area contributed by atoms with Crippen molar-refractivity contribution in [2.45, 2.75) is 9.79 Å². The van der Waals surface area contributed by atoms with E-state index in [2.05, 4.69) is 41.4 Å². The lowest BCUT2D eigenvalue weighted by molar-refractivity contribution is 0.104. The molecule has 0 aliphatic carbocycles. The summed E-state index contributed by atoms with van der Waals surface area (Å²) in [4.78, 5) is 18.8. The van der Waals surface area contributed by atoms with Crippen molar-refractivity contribution >= 4 is 40.3 Å². The number of rotatable bonds is 5. The lowest BCUT2D eigenvalue weighted by Crippen LogP contribution is -2.14. The fourth-order valence-corrected chi connectivity index (χ4v) is 6.12. The van der Waals surface area contributed by atoms with E-state index >= 15 is 0 Å². The second-order valence-corrected chi connectivity index (χ2v) is 10.1. The Kier molecular flexibility index (Phi) is 5.43. The highest BCUT2D eigenvalue weighted by atomic mass is 32.2. The average Bonchev–Trinajstić information content (AvgIpc) is 3.59. The molecule has 35 heavy (non-hydrogen) atoms. The minimum absolute atomic E-state index is 0.102. The molecule has 0 amide bonds. The molecular formula is C28H20N2O3S2. The van der Waals surface area contributed by atoms with Crippen molar-refractivity contribution in [3.63, 3.8) is 0 Å². The van der Waals surface area contributed by atoms with Crippen LogP contribution >= 0.6 is 23.1 Å². The Morgan fingerprint density at radius 1 is 0.914 bits per heavy atom. The fraction of sp³-hybridized carbons (Fsp3) is 0.0714. The van der Waals surface area contributed by atoms with Gasteiger partial charge < -0.3 is 14.2 Å². The Bertz CT molecular complexity index is 1540. The predicted octanol–water partition coefficient (Wildman–Crippen LogP) is 7.54. The first kappa shape index (κ1) is 21.7. The predicted molar refractivity (Wildman–Crippen MR) is 140 cm³/mol.